The van der Waals surface area contributed by atoms with Gasteiger partial charge in [-0.05, 0) is 35.9 Å². The van der Waals surface area contributed by atoms with E-state index in [1.54, 1.807) is 49.5 Å². The van der Waals surface area contributed by atoms with Gasteiger partial charge in [-0.2, -0.15) is 0 Å². The second-order valence-electron chi connectivity index (χ2n) is 4.25. The topological polar surface area (TPSA) is 61.4 Å². The number of carbonyl (C=O) groups is 1. The van der Waals surface area contributed by atoms with E-state index in [-0.39, 0.29) is 12.5 Å². The first-order chi connectivity index (χ1) is 9.63. The van der Waals surface area contributed by atoms with Crippen LogP contribution >= 0.6 is 11.6 Å². The summed E-state index contributed by atoms with van der Waals surface area (Å²) in [5, 5.41) is 15.2. The lowest BCUT2D eigenvalue weighted by Gasteiger charge is -2.10. The minimum atomic E-state index is -0.242. The number of nitrogens with one attached hydrogen (secondary N) is 2. The first-order valence-corrected chi connectivity index (χ1v) is 6.50. The molecule has 0 fully saturated rings. The summed E-state index contributed by atoms with van der Waals surface area (Å²) in [6.07, 6.45) is 0. The molecule has 0 heterocycles. The van der Waals surface area contributed by atoms with Gasteiger partial charge in [0.1, 0.15) is 0 Å². The molecule has 3 N–H and O–H groups in total. The molecule has 0 saturated carbocycles. The Morgan fingerprint density at radius 1 is 1.20 bits per heavy atom. The summed E-state index contributed by atoms with van der Waals surface area (Å²) in [5.41, 5.74) is 2.64. The normalized spacial score (nSPS) is 10.2. The smallest absolute Gasteiger partial charge is 0.257 e. The van der Waals surface area contributed by atoms with Crippen LogP contribution in [0.1, 0.15) is 15.9 Å². The van der Waals surface area contributed by atoms with Crippen LogP contribution in [0.3, 0.4) is 0 Å². The quantitative estimate of drug-likeness (QED) is 0.811. The second kappa shape index (κ2) is 6.41. The van der Waals surface area contributed by atoms with Crippen molar-refractivity contribution in [2.75, 3.05) is 17.7 Å². The molecule has 20 heavy (non-hydrogen) atoms. The van der Waals surface area contributed by atoms with Crippen LogP contribution in [-0.2, 0) is 6.61 Å². The van der Waals surface area contributed by atoms with Crippen LogP contribution in [0.15, 0.2) is 42.5 Å². The highest BCUT2D eigenvalue weighted by atomic mass is 35.5. The molecule has 0 spiro atoms. The number of carbonyl (C=O) groups excluding carboxylic acids is 1. The highest BCUT2D eigenvalue weighted by Gasteiger charge is 2.11. The number of aliphatic hydroxyl groups is 1. The van der Waals surface area contributed by atoms with Gasteiger partial charge in [-0.3, -0.25) is 4.79 Å². The molecule has 0 aliphatic rings. The SMILES string of the molecule is CNc1ccc(Cl)cc1C(=O)Nc1ccc(CO)cc1. The molecule has 0 radical (unpaired) electrons. The maximum absolute atomic E-state index is 12.2. The van der Waals surface area contributed by atoms with Crippen LogP contribution in [0.5, 0.6) is 0 Å². The van der Waals surface area contributed by atoms with Crippen molar-refractivity contribution in [3.8, 4) is 0 Å². The zero-order valence-electron chi connectivity index (χ0n) is 11.0. The number of benzene rings is 2. The Hall–Kier alpha value is -2.04. The summed E-state index contributed by atoms with van der Waals surface area (Å²) < 4.78 is 0. The molecule has 0 unspecified atom stereocenters. The van der Waals surface area contributed by atoms with Gasteiger partial charge in [0.05, 0.1) is 12.2 Å². The molecule has 0 aromatic heterocycles. The molecule has 0 saturated heterocycles. The summed E-state index contributed by atoms with van der Waals surface area (Å²) in [5.74, 6) is -0.242. The van der Waals surface area contributed by atoms with Crippen LogP contribution in [0.2, 0.25) is 5.02 Å². The highest BCUT2D eigenvalue weighted by molar-refractivity contribution is 6.31. The number of amides is 1. The van der Waals surface area contributed by atoms with Crippen LogP contribution in [0.4, 0.5) is 11.4 Å². The van der Waals surface area contributed by atoms with Crippen molar-refractivity contribution in [1.82, 2.24) is 0 Å². The average molecular weight is 291 g/mol. The average Bonchev–Trinajstić information content (AvgIpc) is 2.48. The zero-order chi connectivity index (χ0) is 14.5. The van der Waals surface area contributed by atoms with Crippen molar-refractivity contribution in [1.29, 1.82) is 0 Å². The molecule has 5 heteroatoms. The third-order valence-electron chi connectivity index (χ3n) is 2.89. The maximum Gasteiger partial charge on any atom is 0.257 e. The fraction of sp³-hybridized carbons (Fsp3) is 0.133. The van der Waals surface area contributed by atoms with E-state index in [4.69, 9.17) is 16.7 Å². The van der Waals surface area contributed by atoms with Crippen molar-refractivity contribution in [2.45, 2.75) is 6.61 Å². The van der Waals surface area contributed by atoms with Gasteiger partial charge < -0.3 is 15.7 Å². The number of hydrogen-bond donors (Lipinski definition) is 3. The number of rotatable bonds is 4. The van der Waals surface area contributed by atoms with Crippen molar-refractivity contribution < 1.29 is 9.90 Å². The van der Waals surface area contributed by atoms with Gasteiger partial charge in [-0.15, -0.1) is 0 Å². The fourth-order valence-electron chi connectivity index (χ4n) is 1.81. The number of hydrogen-bond acceptors (Lipinski definition) is 3. The van der Waals surface area contributed by atoms with Gasteiger partial charge in [-0.1, -0.05) is 23.7 Å². The minimum absolute atomic E-state index is 0.0214. The molecule has 2 rings (SSSR count). The Morgan fingerprint density at radius 2 is 1.90 bits per heavy atom. The largest absolute Gasteiger partial charge is 0.392 e. The Balaban J connectivity index is 2.20. The Bertz CT molecular complexity index is 612. The van der Waals surface area contributed by atoms with Gasteiger partial charge in [-0.25, -0.2) is 0 Å². The number of aliphatic hydroxyl groups excluding tert-OH is 1. The lowest BCUT2D eigenvalue weighted by molar-refractivity contribution is 0.102. The number of anilines is 2. The molecule has 1 amide bonds. The first kappa shape index (κ1) is 14.4. The van der Waals surface area contributed by atoms with Crippen molar-refractivity contribution in [2.24, 2.45) is 0 Å². The van der Waals surface area contributed by atoms with E-state index in [1.807, 2.05) is 0 Å². The predicted molar refractivity (Wildman–Crippen MR) is 81.3 cm³/mol. The van der Waals surface area contributed by atoms with E-state index < -0.39 is 0 Å². The van der Waals surface area contributed by atoms with E-state index in [9.17, 15) is 4.79 Å². The lowest BCUT2D eigenvalue weighted by atomic mass is 10.1. The van der Waals surface area contributed by atoms with E-state index >= 15 is 0 Å². The minimum Gasteiger partial charge on any atom is -0.392 e. The predicted octanol–water partition coefficient (Wildman–Crippen LogP) is 3.13. The molecule has 104 valence electrons. The number of halogens is 1. The van der Waals surface area contributed by atoms with E-state index in [2.05, 4.69) is 10.6 Å². The lowest BCUT2D eigenvalue weighted by Crippen LogP contribution is -2.14. The van der Waals surface area contributed by atoms with E-state index in [0.29, 0.717) is 22.0 Å². The van der Waals surface area contributed by atoms with Crippen LogP contribution in [0.25, 0.3) is 0 Å². The molecular weight excluding hydrogens is 276 g/mol. The van der Waals surface area contributed by atoms with Crippen molar-refractivity contribution in [3.63, 3.8) is 0 Å². The molecular formula is C15H15ClN2O2. The van der Waals surface area contributed by atoms with Crippen LogP contribution in [0, 0.1) is 0 Å². The van der Waals surface area contributed by atoms with E-state index in [1.165, 1.54) is 0 Å². The summed E-state index contributed by atoms with van der Waals surface area (Å²) in [6, 6.07) is 12.1. The highest BCUT2D eigenvalue weighted by Crippen LogP contribution is 2.21. The molecule has 0 bridgehead atoms. The van der Waals surface area contributed by atoms with Crippen molar-refractivity contribution in [3.05, 3.63) is 58.6 Å². The summed E-state index contributed by atoms with van der Waals surface area (Å²) in [6.45, 7) is -0.0214. The summed E-state index contributed by atoms with van der Waals surface area (Å²) >= 11 is 5.92. The molecule has 2 aromatic rings. The Morgan fingerprint density at radius 3 is 2.50 bits per heavy atom. The molecule has 2 aromatic carbocycles. The Labute approximate surface area is 122 Å². The summed E-state index contributed by atoms with van der Waals surface area (Å²) in [4.78, 5) is 12.2. The van der Waals surface area contributed by atoms with Gasteiger partial charge in [0.15, 0.2) is 0 Å². The van der Waals surface area contributed by atoms with Gasteiger partial charge >= 0.3 is 0 Å². The molecule has 0 aliphatic heterocycles. The van der Waals surface area contributed by atoms with Crippen LogP contribution < -0.4 is 10.6 Å². The monoisotopic (exact) mass is 290 g/mol. The van der Waals surface area contributed by atoms with Crippen molar-refractivity contribution >= 4 is 28.9 Å². The van der Waals surface area contributed by atoms with Gasteiger partial charge in [0, 0.05) is 23.4 Å². The van der Waals surface area contributed by atoms with E-state index in [0.717, 1.165) is 5.56 Å². The molecule has 0 aliphatic carbocycles. The molecule has 4 nitrogen and oxygen atoms in total. The maximum atomic E-state index is 12.2. The first-order valence-electron chi connectivity index (χ1n) is 6.12. The van der Waals surface area contributed by atoms with Gasteiger partial charge in [0.2, 0.25) is 0 Å². The standard InChI is InChI=1S/C15H15ClN2O2/c1-17-14-7-4-11(16)8-13(14)15(20)18-12-5-2-10(9-19)3-6-12/h2-8,17,19H,9H2,1H3,(H,18,20). The molecule has 0 atom stereocenters. The second-order valence-corrected chi connectivity index (χ2v) is 4.69. The van der Waals surface area contributed by atoms with Crippen LogP contribution in [-0.4, -0.2) is 18.1 Å². The zero-order valence-corrected chi connectivity index (χ0v) is 11.7. The third kappa shape index (κ3) is 3.29. The Kier molecular flexibility index (Phi) is 4.61. The fourth-order valence-corrected chi connectivity index (χ4v) is 1.99. The summed E-state index contributed by atoms with van der Waals surface area (Å²) in [7, 11) is 1.75. The third-order valence-corrected chi connectivity index (χ3v) is 3.13. The van der Waals surface area contributed by atoms with Gasteiger partial charge in [0.25, 0.3) is 5.91 Å².